The highest BCUT2D eigenvalue weighted by atomic mass is 16.5. The Bertz CT molecular complexity index is 411. The summed E-state index contributed by atoms with van der Waals surface area (Å²) in [6.45, 7) is 4.33. The smallest absolute Gasteiger partial charge is 0.373 e. The topological polar surface area (TPSA) is 60.7 Å². The monoisotopic (exact) mass is 267 g/mol. The number of carbonyl (C=O) groups excluding carboxylic acids is 1. The zero-order chi connectivity index (χ0) is 13.7. The number of nitrogens with one attached hydrogen (secondary N) is 1. The third kappa shape index (κ3) is 4.36. The summed E-state index contributed by atoms with van der Waals surface area (Å²) in [5, 5.41) is 3.29. The Balaban J connectivity index is 1.67. The van der Waals surface area contributed by atoms with Crippen LogP contribution in [-0.2, 0) is 9.47 Å². The summed E-state index contributed by atoms with van der Waals surface area (Å²) in [5.41, 5.74) is 0. The van der Waals surface area contributed by atoms with E-state index in [0.29, 0.717) is 6.61 Å². The van der Waals surface area contributed by atoms with E-state index in [-0.39, 0.29) is 11.8 Å². The molecule has 1 aromatic rings. The number of hydrogen-bond donors (Lipinski definition) is 1. The van der Waals surface area contributed by atoms with Gasteiger partial charge in [-0.2, -0.15) is 0 Å². The second-order valence-corrected chi connectivity index (χ2v) is 4.89. The molecule has 1 heterocycles. The van der Waals surface area contributed by atoms with Crippen molar-refractivity contribution >= 4 is 5.97 Å². The van der Waals surface area contributed by atoms with Crippen LogP contribution in [0, 0.1) is 5.92 Å². The summed E-state index contributed by atoms with van der Waals surface area (Å²) in [6, 6.07) is 3.46. The molecule has 0 amide bonds. The van der Waals surface area contributed by atoms with E-state index in [4.69, 9.17) is 9.15 Å². The molecule has 0 aromatic carbocycles. The molecule has 1 unspecified atom stereocenters. The third-order valence-electron chi connectivity index (χ3n) is 3.19. The number of hydrogen-bond acceptors (Lipinski definition) is 5. The van der Waals surface area contributed by atoms with Crippen LogP contribution in [-0.4, -0.2) is 32.8 Å². The van der Waals surface area contributed by atoms with Crippen molar-refractivity contribution in [2.45, 2.75) is 25.8 Å². The molecule has 106 valence electrons. The Labute approximate surface area is 113 Å². The lowest BCUT2D eigenvalue weighted by Gasteiger charge is -2.11. The van der Waals surface area contributed by atoms with Crippen LogP contribution >= 0.6 is 0 Å². The Morgan fingerprint density at radius 3 is 3.00 bits per heavy atom. The molecule has 1 aromatic heterocycles. The van der Waals surface area contributed by atoms with E-state index in [1.807, 2.05) is 6.92 Å². The average Bonchev–Trinajstić information content (AvgIpc) is 3.11. The number of rotatable bonds is 8. The molecule has 1 aliphatic rings. The van der Waals surface area contributed by atoms with Gasteiger partial charge in [0.05, 0.1) is 19.8 Å². The minimum Gasteiger partial charge on any atom is -0.463 e. The first-order chi connectivity index (χ1) is 9.20. The van der Waals surface area contributed by atoms with Crippen molar-refractivity contribution in [3.63, 3.8) is 0 Å². The molecule has 1 atom stereocenters. The van der Waals surface area contributed by atoms with E-state index < -0.39 is 5.97 Å². The Kier molecular flexibility index (Phi) is 4.99. The van der Waals surface area contributed by atoms with Crippen LogP contribution in [0.2, 0.25) is 0 Å². The third-order valence-corrected chi connectivity index (χ3v) is 3.19. The van der Waals surface area contributed by atoms with Crippen LogP contribution in [0.3, 0.4) is 0 Å². The van der Waals surface area contributed by atoms with Crippen LogP contribution in [0.1, 0.15) is 42.1 Å². The first-order valence-electron chi connectivity index (χ1n) is 6.70. The van der Waals surface area contributed by atoms with Gasteiger partial charge in [0.2, 0.25) is 5.76 Å². The number of methoxy groups -OCH3 is 1. The molecule has 1 aliphatic carbocycles. The maximum atomic E-state index is 11.3. The van der Waals surface area contributed by atoms with Gasteiger partial charge in [-0.3, -0.25) is 0 Å². The summed E-state index contributed by atoms with van der Waals surface area (Å²) in [6.07, 6.45) is 2.62. The molecule has 19 heavy (non-hydrogen) atoms. The summed E-state index contributed by atoms with van der Waals surface area (Å²) >= 11 is 0. The van der Waals surface area contributed by atoms with Crippen molar-refractivity contribution in [1.82, 2.24) is 5.32 Å². The van der Waals surface area contributed by atoms with Crippen LogP contribution in [0.4, 0.5) is 0 Å². The van der Waals surface area contributed by atoms with E-state index in [1.165, 1.54) is 20.0 Å². The number of carbonyl (C=O) groups is 1. The van der Waals surface area contributed by atoms with Gasteiger partial charge >= 0.3 is 5.97 Å². The number of esters is 1. The van der Waals surface area contributed by atoms with Crippen molar-refractivity contribution < 1.29 is 18.7 Å². The summed E-state index contributed by atoms with van der Waals surface area (Å²) in [4.78, 5) is 11.3. The lowest BCUT2D eigenvalue weighted by molar-refractivity contribution is 0.0562. The SMILES string of the molecule is COC(=O)c1ccc(C(C)NCCOCC2CC2)o1. The molecule has 1 saturated carbocycles. The fourth-order valence-corrected chi connectivity index (χ4v) is 1.78. The van der Waals surface area contributed by atoms with Gasteiger partial charge in [-0.15, -0.1) is 0 Å². The Morgan fingerprint density at radius 1 is 1.53 bits per heavy atom. The molecular formula is C14H21NO4. The second-order valence-electron chi connectivity index (χ2n) is 4.89. The molecule has 0 radical (unpaired) electrons. The van der Waals surface area contributed by atoms with Gasteiger partial charge in [0, 0.05) is 13.2 Å². The van der Waals surface area contributed by atoms with E-state index in [1.54, 1.807) is 12.1 Å². The maximum Gasteiger partial charge on any atom is 0.373 e. The molecule has 2 rings (SSSR count). The van der Waals surface area contributed by atoms with E-state index in [9.17, 15) is 4.79 Å². The van der Waals surface area contributed by atoms with Crippen molar-refractivity contribution in [2.75, 3.05) is 26.9 Å². The van der Waals surface area contributed by atoms with Crippen LogP contribution in [0.25, 0.3) is 0 Å². The molecule has 1 fully saturated rings. The summed E-state index contributed by atoms with van der Waals surface area (Å²) in [5.74, 6) is 1.30. The van der Waals surface area contributed by atoms with E-state index in [2.05, 4.69) is 10.1 Å². The largest absolute Gasteiger partial charge is 0.463 e. The van der Waals surface area contributed by atoms with Crippen molar-refractivity contribution in [2.24, 2.45) is 5.92 Å². The Morgan fingerprint density at radius 2 is 2.32 bits per heavy atom. The van der Waals surface area contributed by atoms with Crippen LogP contribution < -0.4 is 5.32 Å². The van der Waals surface area contributed by atoms with Crippen molar-refractivity contribution in [3.8, 4) is 0 Å². The van der Waals surface area contributed by atoms with Gasteiger partial charge in [-0.1, -0.05) is 0 Å². The van der Waals surface area contributed by atoms with Gasteiger partial charge in [0.1, 0.15) is 5.76 Å². The van der Waals surface area contributed by atoms with Crippen LogP contribution in [0.5, 0.6) is 0 Å². The van der Waals surface area contributed by atoms with E-state index >= 15 is 0 Å². The minimum absolute atomic E-state index is 0.0444. The van der Waals surface area contributed by atoms with E-state index in [0.717, 1.165) is 24.8 Å². The molecule has 1 N–H and O–H groups in total. The standard InChI is InChI=1S/C14H21NO4/c1-10(15-7-8-18-9-11-3-4-11)12-5-6-13(19-12)14(16)17-2/h5-6,10-11,15H,3-4,7-9H2,1-2H3. The second kappa shape index (κ2) is 6.73. The summed E-state index contributed by atoms with van der Waals surface area (Å²) in [7, 11) is 1.34. The first-order valence-corrected chi connectivity index (χ1v) is 6.70. The lowest BCUT2D eigenvalue weighted by atomic mass is 10.2. The van der Waals surface area contributed by atoms with Crippen molar-refractivity contribution in [1.29, 1.82) is 0 Å². The van der Waals surface area contributed by atoms with Gasteiger partial charge in [-0.05, 0) is 37.8 Å². The van der Waals surface area contributed by atoms with Gasteiger partial charge in [0.25, 0.3) is 0 Å². The lowest BCUT2D eigenvalue weighted by Crippen LogP contribution is -2.23. The molecule has 0 saturated heterocycles. The number of ether oxygens (including phenoxy) is 2. The highest BCUT2D eigenvalue weighted by Gasteiger charge is 2.21. The fourth-order valence-electron chi connectivity index (χ4n) is 1.78. The zero-order valence-electron chi connectivity index (χ0n) is 11.5. The highest BCUT2D eigenvalue weighted by Crippen LogP contribution is 2.28. The number of furan rings is 1. The predicted octanol–water partition coefficient (Wildman–Crippen LogP) is 2.14. The molecule has 0 bridgehead atoms. The summed E-state index contributed by atoms with van der Waals surface area (Å²) < 4.78 is 15.6. The van der Waals surface area contributed by atoms with Crippen molar-refractivity contribution in [3.05, 3.63) is 23.7 Å². The maximum absolute atomic E-state index is 11.3. The highest BCUT2D eigenvalue weighted by molar-refractivity contribution is 5.86. The normalized spacial score (nSPS) is 16.3. The Hall–Kier alpha value is -1.33. The molecular weight excluding hydrogens is 246 g/mol. The van der Waals surface area contributed by atoms with Gasteiger partial charge in [-0.25, -0.2) is 4.79 Å². The predicted molar refractivity (Wildman–Crippen MR) is 70.0 cm³/mol. The average molecular weight is 267 g/mol. The molecule has 5 nitrogen and oxygen atoms in total. The zero-order valence-corrected chi connectivity index (χ0v) is 11.5. The minimum atomic E-state index is -0.453. The van der Waals surface area contributed by atoms with Crippen LogP contribution in [0.15, 0.2) is 16.5 Å². The fraction of sp³-hybridized carbons (Fsp3) is 0.643. The molecule has 5 heteroatoms. The first kappa shape index (κ1) is 14.1. The molecule has 0 spiro atoms. The molecule has 0 aliphatic heterocycles. The van der Waals surface area contributed by atoms with Gasteiger partial charge < -0.3 is 19.2 Å². The van der Waals surface area contributed by atoms with Gasteiger partial charge in [0.15, 0.2) is 0 Å². The quantitative estimate of drug-likeness (QED) is 0.577.